The monoisotopic (exact) mass is 265 g/mol. The van der Waals surface area contributed by atoms with Crippen LogP contribution in [0.4, 0.5) is 17.6 Å². The van der Waals surface area contributed by atoms with Gasteiger partial charge >= 0.3 is 6.18 Å². The van der Waals surface area contributed by atoms with Gasteiger partial charge in [-0.2, -0.15) is 13.2 Å². The van der Waals surface area contributed by atoms with Gasteiger partial charge in [0.05, 0.1) is 12.2 Å². The third-order valence-electron chi connectivity index (χ3n) is 2.67. The highest BCUT2D eigenvalue weighted by Crippen LogP contribution is 2.32. The standard InChI is InChI=1S/C12H15F4NO/c1-2-10(7-18)17-6-8-3-4-9(13)5-11(8)12(14,15)16/h3-5,10,17-18H,2,6-7H2,1H3/t10-/m1/s1. The Labute approximate surface area is 103 Å². The van der Waals surface area contributed by atoms with Crippen LogP contribution in [0.2, 0.25) is 0 Å². The molecule has 2 N–H and O–H groups in total. The van der Waals surface area contributed by atoms with E-state index in [9.17, 15) is 17.6 Å². The van der Waals surface area contributed by atoms with Gasteiger partial charge in [-0.1, -0.05) is 13.0 Å². The Morgan fingerprint density at radius 2 is 2.00 bits per heavy atom. The van der Waals surface area contributed by atoms with Gasteiger partial charge in [0.15, 0.2) is 0 Å². The van der Waals surface area contributed by atoms with Crippen LogP contribution in [-0.2, 0) is 12.7 Å². The van der Waals surface area contributed by atoms with Gasteiger partial charge in [-0.25, -0.2) is 4.39 Å². The molecule has 0 spiro atoms. The van der Waals surface area contributed by atoms with Gasteiger partial charge in [0.25, 0.3) is 0 Å². The van der Waals surface area contributed by atoms with Gasteiger partial charge in [-0.15, -0.1) is 0 Å². The molecule has 0 saturated carbocycles. The maximum absolute atomic E-state index is 12.8. The third-order valence-corrected chi connectivity index (χ3v) is 2.67. The number of hydrogen-bond acceptors (Lipinski definition) is 2. The second kappa shape index (κ2) is 6.15. The van der Waals surface area contributed by atoms with Crippen molar-refractivity contribution in [1.29, 1.82) is 0 Å². The molecule has 0 heterocycles. The molecule has 1 aromatic rings. The van der Waals surface area contributed by atoms with Crippen LogP contribution >= 0.6 is 0 Å². The molecular formula is C12H15F4NO. The first-order valence-electron chi connectivity index (χ1n) is 5.58. The van der Waals surface area contributed by atoms with Crippen molar-refractivity contribution in [3.63, 3.8) is 0 Å². The summed E-state index contributed by atoms with van der Waals surface area (Å²) in [6, 6.07) is 2.31. The van der Waals surface area contributed by atoms with Gasteiger partial charge in [-0.05, 0) is 24.1 Å². The van der Waals surface area contributed by atoms with E-state index in [0.717, 1.165) is 12.1 Å². The number of aliphatic hydroxyl groups excluding tert-OH is 1. The highest BCUT2D eigenvalue weighted by atomic mass is 19.4. The summed E-state index contributed by atoms with van der Waals surface area (Å²) in [5, 5.41) is 11.7. The minimum Gasteiger partial charge on any atom is -0.395 e. The Kier molecular flexibility index (Phi) is 5.10. The number of nitrogens with one attached hydrogen (secondary N) is 1. The Bertz CT molecular complexity index is 388. The average molecular weight is 265 g/mol. The van der Waals surface area contributed by atoms with Crippen LogP contribution in [0.5, 0.6) is 0 Å². The lowest BCUT2D eigenvalue weighted by Crippen LogP contribution is -2.32. The normalized spacial score (nSPS) is 13.7. The molecule has 102 valence electrons. The van der Waals surface area contributed by atoms with E-state index in [4.69, 9.17) is 5.11 Å². The Balaban J connectivity index is 2.88. The summed E-state index contributed by atoms with van der Waals surface area (Å²) in [6.07, 6.45) is -3.99. The van der Waals surface area contributed by atoms with E-state index in [1.807, 2.05) is 6.92 Å². The molecule has 18 heavy (non-hydrogen) atoms. The summed E-state index contributed by atoms with van der Waals surface area (Å²) in [6.45, 7) is 1.59. The number of alkyl halides is 3. The topological polar surface area (TPSA) is 32.3 Å². The van der Waals surface area contributed by atoms with Crippen molar-refractivity contribution in [2.45, 2.75) is 32.1 Å². The molecule has 0 amide bonds. The second-order valence-corrected chi connectivity index (χ2v) is 3.97. The summed E-state index contributed by atoms with van der Waals surface area (Å²) < 4.78 is 50.9. The predicted molar refractivity (Wildman–Crippen MR) is 59.4 cm³/mol. The van der Waals surface area contributed by atoms with E-state index in [1.165, 1.54) is 0 Å². The summed E-state index contributed by atoms with van der Waals surface area (Å²) in [5.41, 5.74) is -1.02. The fraction of sp³-hybridized carbons (Fsp3) is 0.500. The van der Waals surface area contributed by atoms with Crippen molar-refractivity contribution in [3.05, 3.63) is 35.1 Å². The number of benzene rings is 1. The zero-order valence-electron chi connectivity index (χ0n) is 9.89. The van der Waals surface area contributed by atoms with Gasteiger partial charge < -0.3 is 10.4 Å². The highest BCUT2D eigenvalue weighted by molar-refractivity contribution is 5.30. The average Bonchev–Trinajstić information content (AvgIpc) is 2.30. The van der Waals surface area contributed by atoms with E-state index < -0.39 is 17.6 Å². The molecule has 0 aliphatic rings. The number of halogens is 4. The van der Waals surface area contributed by atoms with Gasteiger partial charge in [0, 0.05) is 12.6 Å². The van der Waals surface area contributed by atoms with Crippen molar-refractivity contribution in [1.82, 2.24) is 5.32 Å². The number of hydrogen-bond donors (Lipinski definition) is 2. The van der Waals surface area contributed by atoms with E-state index in [0.29, 0.717) is 12.5 Å². The van der Waals surface area contributed by atoms with Crippen LogP contribution < -0.4 is 5.32 Å². The molecular weight excluding hydrogens is 250 g/mol. The zero-order valence-corrected chi connectivity index (χ0v) is 9.89. The van der Waals surface area contributed by atoms with Crippen LogP contribution in [0.1, 0.15) is 24.5 Å². The highest BCUT2D eigenvalue weighted by Gasteiger charge is 2.33. The molecule has 0 bridgehead atoms. The molecule has 0 aliphatic heterocycles. The third kappa shape index (κ3) is 3.96. The van der Waals surface area contributed by atoms with Crippen LogP contribution in [0.15, 0.2) is 18.2 Å². The molecule has 0 saturated heterocycles. The Morgan fingerprint density at radius 3 is 2.50 bits per heavy atom. The van der Waals surface area contributed by atoms with Gasteiger partial charge in [0.1, 0.15) is 5.82 Å². The van der Waals surface area contributed by atoms with E-state index in [-0.39, 0.29) is 24.8 Å². The SMILES string of the molecule is CC[C@H](CO)NCc1ccc(F)cc1C(F)(F)F. The predicted octanol–water partition coefficient (Wildman–Crippen LogP) is 2.71. The molecule has 0 radical (unpaired) electrons. The molecule has 6 heteroatoms. The van der Waals surface area contributed by atoms with Crippen LogP contribution in [0.3, 0.4) is 0 Å². The first kappa shape index (κ1) is 14.9. The first-order valence-corrected chi connectivity index (χ1v) is 5.58. The Hall–Kier alpha value is -1.14. The zero-order chi connectivity index (χ0) is 13.8. The molecule has 0 fully saturated rings. The van der Waals surface area contributed by atoms with Crippen molar-refractivity contribution >= 4 is 0 Å². The molecule has 0 aromatic heterocycles. The quantitative estimate of drug-likeness (QED) is 0.802. The maximum atomic E-state index is 12.8. The summed E-state index contributed by atoms with van der Waals surface area (Å²) in [7, 11) is 0. The largest absolute Gasteiger partial charge is 0.416 e. The number of aliphatic hydroxyl groups is 1. The first-order chi connectivity index (χ1) is 8.38. The lowest BCUT2D eigenvalue weighted by molar-refractivity contribution is -0.138. The van der Waals surface area contributed by atoms with Crippen molar-refractivity contribution in [3.8, 4) is 0 Å². The molecule has 1 rings (SSSR count). The van der Waals surface area contributed by atoms with Crippen molar-refractivity contribution in [2.24, 2.45) is 0 Å². The van der Waals surface area contributed by atoms with Crippen molar-refractivity contribution in [2.75, 3.05) is 6.61 Å². The maximum Gasteiger partial charge on any atom is 0.416 e. The molecule has 0 aliphatic carbocycles. The van der Waals surface area contributed by atoms with E-state index >= 15 is 0 Å². The molecule has 1 aromatic carbocycles. The fourth-order valence-electron chi connectivity index (χ4n) is 1.56. The van der Waals surface area contributed by atoms with Crippen LogP contribution in [0.25, 0.3) is 0 Å². The van der Waals surface area contributed by atoms with Crippen LogP contribution in [-0.4, -0.2) is 17.8 Å². The summed E-state index contributed by atoms with van der Waals surface area (Å²) in [4.78, 5) is 0. The van der Waals surface area contributed by atoms with E-state index in [2.05, 4.69) is 5.32 Å². The Morgan fingerprint density at radius 1 is 1.33 bits per heavy atom. The summed E-state index contributed by atoms with van der Waals surface area (Å²) in [5.74, 6) is -0.916. The fourth-order valence-corrected chi connectivity index (χ4v) is 1.56. The number of rotatable bonds is 5. The van der Waals surface area contributed by atoms with Crippen molar-refractivity contribution < 1.29 is 22.7 Å². The van der Waals surface area contributed by atoms with Crippen LogP contribution in [0, 0.1) is 5.82 Å². The second-order valence-electron chi connectivity index (χ2n) is 3.97. The van der Waals surface area contributed by atoms with Gasteiger partial charge in [0.2, 0.25) is 0 Å². The van der Waals surface area contributed by atoms with Gasteiger partial charge in [-0.3, -0.25) is 0 Å². The molecule has 2 nitrogen and oxygen atoms in total. The van der Waals surface area contributed by atoms with E-state index in [1.54, 1.807) is 0 Å². The molecule has 0 unspecified atom stereocenters. The molecule has 1 atom stereocenters. The smallest absolute Gasteiger partial charge is 0.395 e. The lowest BCUT2D eigenvalue weighted by Gasteiger charge is -2.17. The summed E-state index contributed by atoms with van der Waals surface area (Å²) >= 11 is 0. The minimum atomic E-state index is -4.58. The minimum absolute atomic E-state index is 0.0317. The lowest BCUT2D eigenvalue weighted by atomic mass is 10.1.